The second-order valence-corrected chi connectivity index (χ2v) is 6.55. The first-order valence-corrected chi connectivity index (χ1v) is 9.02. The van der Waals surface area contributed by atoms with E-state index in [2.05, 4.69) is 12.2 Å². The molecule has 0 radical (unpaired) electrons. The largest absolute Gasteiger partial charge is 0.484 e. The van der Waals surface area contributed by atoms with Crippen LogP contribution in [-0.4, -0.2) is 43.5 Å². The van der Waals surface area contributed by atoms with E-state index >= 15 is 0 Å². The Morgan fingerprint density at radius 1 is 1.28 bits per heavy atom. The van der Waals surface area contributed by atoms with Gasteiger partial charge in [0.2, 0.25) is 5.91 Å². The maximum atomic E-state index is 12.2. The Hall–Kier alpha value is -2.08. The minimum absolute atomic E-state index is 0.0189. The Morgan fingerprint density at radius 3 is 2.44 bits per heavy atom. The van der Waals surface area contributed by atoms with Crippen LogP contribution >= 0.6 is 0 Å². The molecule has 1 saturated heterocycles. The number of carbonyl (C=O) groups is 2. The lowest BCUT2D eigenvalue weighted by Crippen LogP contribution is -2.43. The summed E-state index contributed by atoms with van der Waals surface area (Å²) in [4.78, 5) is 25.1. The zero-order chi connectivity index (χ0) is 18.2. The number of rotatable bonds is 8. The normalized spacial score (nSPS) is 16.5. The third kappa shape index (κ3) is 5.46. The summed E-state index contributed by atoms with van der Waals surface area (Å²) in [6.07, 6.45) is 3.47. The fourth-order valence-electron chi connectivity index (χ4n) is 3.21. The molecule has 1 atom stereocenters. The van der Waals surface area contributed by atoms with Crippen molar-refractivity contribution in [1.82, 2.24) is 10.2 Å². The molecule has 2 amide bonds. The number of primary amides is 1. The SMILES string of the molecule is CCCC(NC)c1ccc(OCC(=O)N2CCC(C(N)=O)CC2)cc1. The van der Waals surface area contributed by atoms with E-state index in [0.717, 1.165) is 12.8 Å². The smallest absolute Gasteiger partial charge is 0.260 e. The topological polar surface area (TPSA) is 84.7 Å². The number of nitrogens with one attached hydrogen (secondary N) is 1. The van der Waals surface area contributed by atoms with Crippen molar-refractivity contribution in [2.45, 2.75) is 38.6 Å². The molecule has 0 bridgehead atoms. The second kappa shape index (κ2) is 9.42. The van der Waals surface area contributed by atoms with E-state index in [1.165, 1.54) is 5.56 Å². The molecule has 0 saturated carbocycles. The number of likely N-dealkylation sites (tertiary alicyclic amines) is 1. The molecular weight excluding hydrogens is 318 g/mol. The molecule has 1 aliphatic rings. The van der Waals surface area contributed by atoms with Gasteiger partial charge in [0.25, 0.3) is 5.91 Å². The zero-order valence-corrected chi connectivity index (χ0v) is 15.2. The maximum Gasteiger partial charge on any atom is 0.260 e. The summed E-state index contributed by atoms with van der Waals surface area (Å²) in [5, 5.41) is 3.31. The van der Waals surface area contributed by atoms with Crippen LogP contribution in [0.15, 0.2) is 24.3 Å². The van der Waals surface area contributed by atoms with E-state index < -0.39 is 0 Å². The van der Waals surface area contributed by atoms with Gasteiger partial charge < -0.3 is 20.7 Å². The van der Waals surface area contributed by atoms with Crippen LogP contribution in [0.2, 0.25) is 0 Å². The first-order chi connectivity index (χ1) is 12.0. The fraction of sp³-hybridized carbons (Fsp3) is 0.579. The minimum Gasteiger partial charge on any atom is -0.484 e. The van der Waals surface area contributed by atoms with E-state index in [0.29, 0.717) is 37.7 Å². The predicted octanol–water partition coefficient (Wildman–Crippen LogP) is 1.85. The van der Waals surface area contributed by atoms with Crippen LogP contribution in [0.3, 0.4) is 0 Å². The third-order valence-electron chi connectivity index (χ3n) is 4.82. The van der Waals surface area contributed by atoms with Crippen molar-refractivity contribution in [2.24, 2.45) is 11.7 Å². The van der Waals surface area contributed by atoms with Crippen molar-refractivity contribution in [3.05, 3.63) is 29.8 Å². The van der Waals surface area contributed by atoms with Crippen molar-refractivity contribution in [1.29, 1.82) is 0 Å². The molecule has 25 heavy (non-hydrogen) atoms. The first-order valence-electron chi connectivity index (χ1n) is 9.02. The van der Waals surface area contributed by atoms with Gasteiger partial charge in [-0.3, -0.25) is 9.59 Å². The van der Waals surface area contributed by atoms with E-state index in [1.54, 1.807) is 4.90 Å². The van der Waals surface area contributed by atoms with Crippen molar-refractivity contribution >= 4 is 11.8 Å². The Kier molecular flexibility index (Phi) is 7.25. The average Bonchev–Trinajstić information content (AvgIpc) is 2.64. The molecule has 1 fully saturated rings. The summed E-state index contributed by atoms with van der Waals surface area (Å²) >= 11 is 0. The van der Waals surface area contributed by atoms with Crippen molar-refractivity contribution in [2.75, 3.05) is 26.7 Å². The third-order valence-corrected chi connectivity index (χ3v) is 4.82. The van der Waals surface area contributed by atoms with Crippen molar-refractivity contribution in [3.63, 3.8) is 0 Å². The highest BCUT2D eigenvalue weighted by atomic mass is 16.5. The zero-order valence-electron chi connectivity index (χ0n) is 15.2. The van der Waals surface area contributed by atoms with Gasteiger partial charge in [0.05, 0.1) is 0 Å². The van der Waals surface area contributed by atoms with E-state index in [4.69, 9.17) is 10.5 Å². The predicted molar refractivity (Wildman–Crippen MR) is 97.1 cm³/mol. The van der Waals surface area contributed by atoms with Crippen LogP contribution < -0.4 is 15.8 Å². The molecule has 1 unspecified atom stereocenters. The second-order valence-electron chi connectivity index (χ2n) is 6.55. The lowest BCUT2D eigenvalue weighted by atomic mass is 9.96. The van der Waals surface area contributed by atoms with Crippen LogP contribution in [-0.2, 0) is 9.59 Å². The van der Waals surface area contributed by atoms with Crippen LogP contribution in [0.1, 0.15) is 44.2 Å². The number of ether oxygens (including phenoxy) is 1. The lowest BCUT2D eigenvalue weighted by molar-refractivity contribution is -0.136. The molecule has 0 aliphatic carbocycles. The number of nitrogens with zero attached hydrogens (tertiary/aromatic N) is 1. The summed E-state index contributed by atoms with van der Waals surface area (Å²) in [5.41, 5.74) is 6.53. The van der Waals surface area contributed by atoms with Gasteiger partial charge in [0, 0.05) is 25.0 Å². The molecule has 2 rings (SSSR count). The van der Waals surface area contributed by atoms with Gasteiger partial charge in [-0.1, -0.05) is 25.5 Å². The maximum absolute atomic E-state index is 12.2. The van der Waals surface area contributed by atoms with Gasteiger partial charge >= 0.3 is 0 Å². The number of piperidine rings is 1. The number of hydrogen-bond acceptors (Lipinski definition) is 4. The molecule has 0 spiro atoms. The molecule has 1 aromatic rings. The summed E-state index contributed by atoms with van der Waals surface area (Å²) < 4.78 is 5.62. The van der Waals surface area contributed by atoms with Crippen LogP contribution in [0.4, 0.5) is 0 Å². The molecule has 3 N–H and O–H groups in total. The molecule has 6 nitrogen and oxygen atoms in total. The highest BCUT2D eigenvalue weighted by Crippen LogP contribution is 2.21. The Bertz CT molecular complexity index is 566. The van der Waals surface area contributed by atoms with E-state index in [9.17, 15) is 9.59 Å². The number of benzene rings is 1. The average molecular weight is 347 g/mol. The van der Waals surface area contributed by atoms with E-state index in [1.807, 2.05) is 31.3 Å². The summed E-state index contributed by atoms with van der Waals surface area (Å²) in [5.74, 6) is 0.258. The van der Waals surface area contributed by atoms with Gasteiger partial charge in [0.15, 0.2) is 6.61 Å². The van der Waals surface area contributed by atoms with Gasteiger partial charge in [-0.25, -0.2) is 0 Å². The highest BCUT2D eigenvalue weighted by Gasteiger charge is 2.25. The number of hydrogen-bond donors (Lipinski definition) is 2. The van der Waals surface area contributed by atoms with Crippen molar-refractivity contribution in [3.8, 4) is 5.75 Å². The Labute approximate surface area is 149 Å². The molecule has 138 valence electrons. The van der Waals surface area contributed by atoms with Crippen LogP contribution in [0.5, 0.6) is 5.75 Å². The Morgan fingerprint density at radius 2 is 1.92 bits per heavy atom. The molecular formula is C19H29N3O3. The summed E-state index contributed by atoms with van der Waals surface area (Å²) in [6.45, 7) is 3.32. The van der Waals surface area contributed by atoms with Gasteiger partial charge in [-0.2, -0.15) is 0 Å². The number of carbonyl (C=O) groups excluding carboxylic acids is 2. The minimum atomic E-state index is -0.272. The van der Waals surface area contributed by atoms with Crippen LogP contribution in [0, 0.1) is 5.92 Å². The molecule has 1 heterocycles. The molecule has 6 heteroatoms. The lowest BCUT2D eigenvalue weighted by Gasteiger charge is -2.30. The van der Waals surface area contributed by atoms with Gasteiger partial charge in [-0.05, 0) is 44.0 Å². The number of nitrogens with two attached hydrogens (primary N) is 1. The Balaban J connectivity index is 1.81. The molecule has 1 aromatic carbocycles. The first kappa shape index (κ1) is 19.2. The van der Waals surface area contributed by atoms with Crippen molar-refractivity contribution < 1.29 is 14.3 Å². The number of amides is 2. The summed E-state index contributed by atoms with van der Waals surface area (Å²) in [7, 11) is 1.96. The van der Waals surface area contributed by atoms with E-state index in [-0.39, 0.29) is 24.3 Å². The quantitative estimate of drug-likeness (QED) is 0.752. The monoisotopic (exact) mass is 347 g/mol. The van der Waals surface area contributed by atoms with Gasteiger partial charge in [0.1, 0.15) is 5.75 Å². The molecule has 0 aromatic heterocycles. The molecule has 1 aliphatic heterocycles. The van der Waals surface area contributed by atoms with Crippen LogP contribution in [0.25, 0.3) is 0 Å². The summed E-state index contributed by atoms with van der Waals surface area (Å²) in [6, 6.07) is 8.22. The highest BCUT2D eigenvalue weighted by molar-refractivity contribution is 5.79. The standard InChI is InChI=1S/C19H29N3O3/c1-3-4-17(21-2)14-5-7-16(8-6-14)25-13-18(23)22-11-9-15(10-12-22)19(20)24/h5-8,15,17,21H,3-4,9-13H2,1-2H3,(H2,20,24). The fourth-order valence-corrected chi connectivity index (χ4v) is 3.21. The van der Waals surface area contributed by atoms with Gasteiger partial charge in [-0.15, -0.1) is 0 Å².